The molecule has 0 saturated carbocycles. The van der Waals surface area contributed by atoms with Crippen molar-refractivity contribution in [3.05, 3.63) is 35.2 Å². The Balaban J connectivity index is 2.13. The molecular weight excluding hydrogens is 240 g/mol. The number of carbonyl (C=O) groups is 1. The smallest absolute Gasteiger partial charge is 0.160 e. The fraction of sp³-hybridized carbons (Fsp3) is 0. The number of nitrogens with zero attached hydrogens (tertiary/aromatic N) is 2. The third-order valence-electron chi connectivity index (χ3n) is 2.28. The maximum Gasteiger partial charge on any atom is 0.160 e. The van der Waals surface area contributed by atoms with Gasteiger partial charge in [-0.15, -0.1) is 11.3 Å². The predicted molar refractivity (Wildman–Crippen MR) is 66.1 cm³/mol. The Kier molecular flexibility index (Phi) is 2.27. The highest BCUT2D eigenvalue weighted by Gasteiger charge is 2.05. The van der Waals surface area contributed by atoms with Crippen LogP contribution in [0.2, 0.25) is 0 Å². The van der Waals surface area contributed by atoms with Crippen LogP contribution in [-0.4, -0.2) is 15.0 Å². The van der Waals surface area contributed by atoms with Gasteiger partial charge in [0.2, 0.25) is 0 Å². The Morgan fingerprint density at radius 2 is 1.94 bits per heavy atom. The summed E-state index contributed by atoms with van der Waals surface area (Å²) in [5, 5.41) is 0. The number of thiophene rings is 1. The Morgan fingerprint density at radius 3 is 2.75 bits per heavy atom. The van der Waals surface area contributed by atoms with Crippen LogP contribution in [0.15, 0.2) is 30.3 Å². The van der Waals surface area contributed by atoms with E-state index in [1.807, 2.05) is 30.3 Å². The third-order valence-corrected chi connectivity index (χ3v) is 3.90. The van der Waals surface area contributed by atoms with E-state index >= 15 is 0 Å². The highest BCUT2D eigenvalue weighted by molar-refractivity contribution is 7.17. The Bertz CT molecular complexity index is 657. The van der Waals surface area contributed by atoms with Crippen molar-refractivity contribution < 1.29 is 4.79 Å². The number of carbonyl (C=O) groups excluding carboxylic acids is 1. The molecule has 0 aliphatic carbocycles. The van der Waals surface area contributed by atoms with Crippen molar-refractivity contribution in [3.63, 3.8) is 0 Å². The third kappa shape index (κ3) is 1.54. The summed E-state index contributed by atoms with van der Waals surface area (Å²) in [5.74, 6) is 0. The number of aromatic nitrogens is 2. The first kappa shape index (κ1) is 9.62. The zero-order valence-corrected chi connectivity index (χ0v) is 9.72. The molecule has 2 heterocycles. The Morgan fingerprint density at radius 1 is 1.06 bits per heavy atom. The second-order valence-corrected chi connectivity index (χ2v) is 4.93. The topological polar surface area (TPSA) is 42.9 Å². The molecule has 0 radical (unpaired) electrons. The van der Waals surface area contributed by atoms with Crippen molar-refractivity contribution in [2.75, 3.05) is 0 Å². The first-order chi connectivity index (χ1) is 7.86. The van der Waals surface area contributed by atoms with Crippen LogP contribution in [0.1, 0.15) is 9.67 Å². The van der Waals surface area contributed by atoms with Gasteiger partial charge in [-0.05, 0) is 29.8 Å². The lowest BCUT2D eigenvalue weighted by Gasteiger charge is -1.95. The highest BCUT2D eigenvalue weighted by Crippen LogP contribution is 2.29. The molecule has 0 aliphatic heterocycles. The van der Waals surface area contributed by atoms with E-state index in [1.54, 1.807) is 0 Å². The van der Waals surface area contributed by atoms with E-state index in [1.165, 1.54) is 23.1 Å². The summed E-state index contributed by atoms with van der Waals surface area (Å²) in [6.07, 6.45) is 0.872. The first-order valence-corrected chi connectivity index (χ1v) is 6.19. The van der Waals surface area contributed by atoms with Gasteiger partial charge in [-0.1, -0.05) is 6.07 Å². The molecule has 0 amide bonds. The van der Waals surface area contributed by atoms with Gasteiger partial charge in [-0.3, -0.25) is 4.79 Å². The van der Waals surface area contributed by atoms with Gasteiger partial charge >= 0.3 is 0 Å². The molecule has 3 aromatic rings. The lowest BCUT2D eigenvalue weighted by atomic mass is 10.1. The summed E-state index contributed by atoms with van der Waals surface area (Å²) in [4.78, 5) is 12.4. The summed E-state index contributed by atoms with van der Waals surface area (Å²) >= 11 is 2.70. The fourth-order valence-corrected chi connectivity index (χ4v) is 2.84. The van der Waals surface area contributed by atoms with Crippen molar-refractivity contribution in [1.82, 2.24) is 8.75 Å². The molecule has 0 atom stereocenters. The quantitative estimate of drug-likeness (QED) is 0.652. The minimum Gasteiger partial charge on any atom is -0.297 e. The van der Waals surface area contributed by atoms with E-state index in [0.717, 1.165) is 32.6 Å². The van der Waals surface area contributed by atoms with Crippen molar-refractivity contribution >= 4 is 40.4 Å². The number of aldehydes is 1. The first-order valence-electron chi connectivity index (χ1n) is 4.64. The number of hydrogen-bond acceptors (Lipinski definition) is 5. The standard InChI is InChI=1S/C11H6N2OS2/c14-6-8-2-4-11(15-8)7-1-3-9-10(5-7)13-16-12-9/h1-6H. The molecule has 1 aromatic carbocycles. The van der Waals surface area contributed by atoms with Crippen LogP contribution < -0.4 is 0 Å². The summed E-state index contributed by atoms with van der Waals surface area (Å²) < 4.78 is 8.35. The summed E-state index contributed by atoms with van der Waals surface area (Å²) in [7, 11) is 0. The van der Waals surface area contributed by atoms with E-state index < -0.39 is 0 Å². The molecule has 78 valence electrons. The summed E-state index contributed by atoms with van der Waals surface area (Å²) in [6, 6.07) is 9.74. The van der Waals surface area contributed by atoms with E-state index in [4.69, 9.17) is 0 Å². The largest absolute Gasteiger partial charge is 0.297 e. The molecule has 3 nitrogen and oxygen atoms in total. The number of hydrogen-bond donors (Lipinski definition) is 0. The number of rotatable bonds is 2. The Hall–Kier alpha value is -1.59. The lowest BCUT2D eigenvalue weighted by molar-refractivity contribution is 0.112. The number of fused-ring (bicyclic) bond motifs is 1. The molecule has 0 saturated heterocycles. The Labute approximate surface area is 99.7 Å². The van der Waals surface area contributed by atoms with E-state index in [9.17, 15) is 4.79 Å². The van der Waals surface area contributed by atoms with Gasteiger partial charge in [0.05, 0.1) is 16.6 Å². The minimum atomic E-state index is 0.742. The molecule has 2 aromatic heterocycles. The molecule has 5 heteroatoms. The monoisotopic (exact) mass is 246 g/mol. The molecule has 16 heavy (non-hydrogen) atoms. The molecule has 3 rings (SSSR count). The fourth-order valence-electron chi connectivity index (χ4n) is 1.51. The molecule has 0 fully saturated rings. The molecule has 0 aliphatic rings. The number of benzene rings is 1. The van der Waals surface area contributed by atoms with Gasteiger partial charge in [0, 0.05) is 4.88 Å². The second kappa shape index (κ2) is 3.77. The van der Waals surface area contributed by atoms with Crippen LogP contribution in [-0.2, 0) is 0 Å². The van der Waals surface area contributed by atoms with Crippen LogP contribution in [0.25, 0.3) is 21.5 Å². The van der Waals surface area contributed by atoms with Crippen molar-refractivity contribution in [2.24, 2.45) is 0 Å². The average molecular weight is 246 g/mol. The van der Waals surface area contributed by atoms with E-state index in [-0.39, 0.29) is 0 Å². The van der Waals surface area contributed by atoms with Crippen molar-refractivity contribution in [2.45, 2.75) is 0 Å². The molecular formula is C11H6N2OS2. The molecule has 0 spiro atoms. The van der Waals surface area contributed by atoms with Gasteiger partial charge in [0.15, 0.2) is 6.29 Å². The maximum atomic E-state index is 10.6. The zero-order chi connectivity index (χ0) is 11.0. The van der Waals surface area contributed by atoms with E-state index in [2.05, 4.69) is 8.75 Å². The molecule has 0 unspecified atom stereocenters. The van der Waals surface area contributed by atoms with Crippen LogP contribution in [0, 0.1) is 0 Å². The minimum absolute atomic E-state index is 0.742. The second-order valence-electron chi connectivity index (χ2n) is 3.29. The van der Waals surface area contributed by atoms with Gasteiger partial charge in [0.25, 0.3) is 0 Å². The summed E-state index contributed by atoms with van der Waals surface area (Å²) in [5.41, 5.74) is 2.91. The molecule has 0 bridgehead atoms. The normalized spacial score (nSPS) is 10.8. The maximum absolute atomic E-state index is 10.6. The zero-order valence-electron chi connectivity index (χ0n) is 8.08. The predicted octanol–water partition coefficient (Wildman–Crippen LogP) is 3.23. The van der Waals surface area contributed by atoms with Crippen LogP contribution in [0.4, 0.5) is 0 Å². The van der Waals surface area contributed by atoms with Crippen LogP contribution >= 0.6 is 23.1 Å². The highest BCUT2D eigenvalue weighted by atomic mass is 32.1. The summed E-state index contributed by atoms with van der Waals surface area (Å²) in [6.45, 7) is 0. The van der Waals surface area contributed by atoms with E-state index in [0.29, 0.717) is 0 Å². The van der Waals surface area contributed by atoms with Gasteiger partial charge < -0.3 is 0 Å². The average Bonchev–Trinajstić information content (AvgIpc) is 2.96. The van der Waals surface area contributed by atoms with Gasteiger partial charge in [-0.25, -0.2) is 0 Å². The van der Waals surface area contributed by atoms with Crippen LogP contribution in [0.5, 0.6) is 0 Å². The van der Waals surface area contributed by atoms with Crippen molar-refractivity contribution in [1.29, 1.82) is 0 Å². The molecule has 0 N–H and O–H groups in total. The van der Waals surface area contributed by atoms with Crippen LogP contribution in [0.3, 0.4) is 0 Å². The van der Waals surface area contributed by atoms with Crippen molar-refractivity contribution in [3.8, 4) is 10.4 Å². The lowest BCUT2D eigenvalue weighted by Crippen LogP contribution is -1.73. The SMILES string of the molecule is O=Cc1ccc(-c2ccc3nsnc3c2)s1. The van der Waals surface area contributed by atoms with Gasteiger partial charge in [0.1, 0.15) is 11.0 Å². The van der Waals surface area contributed by atoms with Gasteiger partial charge in [-0.2, -0.15) is 8.75 Å².